The molecule has 0 saturated heterocycles. The number of amides is 1. The first-order chi connectivity index (χ1) is 14.7. The second-order valence-electron chi connectivity index (χ2n) is 7.35. The van der Waals surface area contributed by atoms with Crippen molar-refractivity contribution >= 4 is 21.6 Å². The highest BCUT2D eigenvalue weighted by Gasteiger charge is 2.23. The minimum absolute atomic E-state index is 0.0668. The molecule has 6 nitrogen and oxygen atoms in total. The predicted molar refractivity (Wildman–Crippen MR) is 122 cm³/mol. The fraction of sp³-hybridized carbons (Fsp3) is 0.208. The van der Waals surface area contributed by atoms with Crippen LogP contribution >= 0.6 is 0 Å². The van der Waals surface area contributed by atoms with Gasteiger partial charge in [-0.25, -0.2) is 8.42 Å². The van der Waals surface area contributed by atoms with Gasteiger partial charge in [0.15, 0.2) is 0 Å². The lowest BCUT2D eigenvalue weighted by atomic mass is 10.1. The molecule has 0 N–H and O–H groups in total. The van der Waals surface area contributed by atoms with Crippen LogP contribution in [0.2, 0.25) is 0 Å². The molecule has 0 aliphatic carbocycles. The normalized spacial score (nSPS) is 11.1. The van der Waals surface area contributed by atoms with Gasteiger partial charge in [0.1, 0.15) is 5.75 Å². The number of ether oxygens (including phenoxy) is 1. The molecule has 0 radical (unpaired) electrons. The third kappa shape index (κ3) is 5.06. The van der Waals surface area contributed by atoms with Crippen molar-refractivity contribution in [2.45, 2.75) is 18.4 Å². The second-order valence-corrected chi connectivity index (χ2v) is 9.32. The fourth-order valence-electron chi connectivity index (χ4n) is 3.25. The summed E-state index contributed by atoms with van der Waals surface area (Å²) in [6.07, 6.45) is 0. The Morgan fingerprint density at radius 3 is 2.35 bits per heavy atom. The van der Waals surface area contributed by atoms with E-state index in [9.17, 15) is 13.2 Å². The quantitative estimate of drug-likeness (QED) is 0.557. The Morgan fingerprint density at radius 1 is 0.935 bits per heavy atom. The van der Waals surface area contributed by atoms with Gasteiger partial charge < -0.3 is 9.64 Å². The van der Waals surface area contributed by atoms with Crippen molar-refractivity contribution in [3.63, 3.8) is 0 Å². The number of carbonyl (C=O) groups excluding carboxylic acids is 1. The first-order valence-electron chi connectivity index (χ1n) is 9.76. The maximum absolute atomic E-state index is 13.1. The van der Waals surface area contributed by atoms with Gasteiger partial charge in [0.2, 0.25) is 0 Å². The van der Waals surface area contributed by atoms with E-state index in [1.54, 1.807) is 43.3 Å². The zero-order valence-electron chi connectivity index (χ0n) is 18.1. The van der Waals surface area contributed by atoms with Crippen molar-refractivity contribution in [3.05, 3.63) is 89.5 Å². The van der Waals surface area contributed by atoms with Crippen LogP contribution in [-0.4, -0.2) is 40.4 Å². The zero-order valence-corrected chi connectivity index (χ0v) is 18.9. The molecule has 0 fully saturated rings. The van der Waals surface area contributed by atoms with Gasteiger partial charge in [-0.15, -0.1) is 0 Å². The highest BCUT2D eigenvalue weighted by atomic mass is 32.2. The number of anilines is 1. The first-order valence-corrected chi connectivity index (χ1v) is 11.2. The van der Waals surface area contributed by atoms with Gasteiger partial charge in [-0.05, 0) is 60.5 Å². The molecule has 7 heteroatoms. The van der Waals surface area contributed by atoms with Crippen molar-refractivity contribution in [1.82, 2.24) is 4.90 Å². The lowest BCUT2D eigenvalue weighted by Crippen LogP contribution is -2.28. The first kappa shape index (κ1) is 22.4. The molecule has 1 amide bonds. The number of hydrogen-bond donors (Lipinski definition) is 0. The van der Waals surface area contributed by atoms with Crippen LogP contribution in [0.1, 0.15) is 21.5 Å². The van der Waals surface area contributed by atoms with Gasteiger partial charge in [0.25, 0.3) is 15.9 Å². The van der Waals surface area contributed by atoms with Crippen molar-refractivity contribution in [1.29, 1.82) is 0 Å². The monoisotopic (exact) mass is 438 g/mol. The van der Waals surface area contributed by atoms with Crippen molar-refractivity contribution in [2.24, 2.45) is 0 Å². The third-order valence-electron chi connectivity index (χ3n) is 5.01. The highest BCUT2D eigenvalue weighted by molar-refractivity contribution is 7.92. The lowest BCUT2D eigenvalue weighted by Gasteiger charge is -2.21. The molecule has 0 saturated carbocycles. The topological polar surface area (TPSA) is 66.9 Å². The van der Waals surface area contributed by atoms with E-state index in [1.807, 2.05) is 43.3 Å². The van der Waals surface area contributed by atoms with Crippen LogP contribution in [0.25, 0.3) is 0 Å². The Labute approximate surface area is 183 Å². The molecule has 0 aromatic heterocycles. The summed E-state index contributed by atoms with van der Waals surface area (Å²) in [6.45, 7) is 2.28. The maximum Gasteiger partial charge on any atom is 0.264 e. The second kappa shape index (κ2) is 9.22. The number of nitrogens with zero attached hydrogens (tertiary/aromatic N) is 2. The van der Waals surface area contributed by atoms with E-state index >= 15 is 0 Å². The Bertz CT molecular complexity index is 1190. The van der Waals surface area contributed by atoms with Crippen LogP contribution in [0.3, 0.4) is 0 Å². The van der Waals surface area contributed by atoms with Crippen LogP contribution in [0.4, 0.5) is 5.69 Å². The van der Waals surface area contributed by atoms with Gasteiger partial charge in [-0.1, -0.05) is 30.3 Å². The molecule has 0 atom stereocenters. The molecule has 0 bridgehead atoms. The summed E-state index contributed by atoms with van der Waals surface area (Å²) in [5.74, 6) is 0.448. The summed E-state index contributed by atoms with van der Waals surface area (Å²) < 4.78 is 32.7. The molecule has 0 heterocycles. The van der Waals surface area contributed by atoms with Gasteiger partial charge in [0.05, 0.1) is 17.7 Å². The predicted octanol–water partition coefficient (Wildman–Crippen LogP) is 4.10. The number of benzene rings is 3. The molecule has 3 rings (SSSR count). The van der Waals surface area contributed by atoms with Gasteiger partial charge in [0, 0.05) is 26.2 Å². The minimum Gasteiger partial charge on any atom is -0.497 e. The molecular formula is C24H26N2O4S. The number of sulfonamides is 1. The Morgan fingerprint density at radius 2 is 1.65 bits per heavy atom. The average molecular weight is 439 g/mol. The van der Waals surface area contributed by atoms with Gasteiger partial charge in [-0.3, -0.25) is 9.10 Å². The molecule has 0 spiro atoms. The smallest absolute Gasteiger partial charge is 0.264 e. The van der Waals surface area contributed by atoms with E-state index < -0.39 is 10.0 Å². The molecular weight excluding hydrogens is 412 g/mol. The number of rotatable bonds is 7. The molecule has 162 valence electrons. The molecule has 31 heavy (non-hydrogen) atoms. The number of aryl methyl sites for hydroxylation is 1. The highest BCUT2D eigenvalue weighted by Crippen LogP contribution is 2.24. The summed E-state index contributed by atoms with van der Waals surface area (Å²) in [5.41, 5.74) is 2.75. The summed E-state index contributed by atoms with van der Waals surface area (Å²) in [6, 6.07) is 20.9. The van der Waals surface area contributed by atoms with Crippen LogP contribution in [0.15, 0.2) is 77.7 Å². The molecule has 3 aromatic rings. The van der Waals surface area contributed by atoms with E-state index in [0.717, 1.165) is 11.1 Å². The third-order valence-corrected chi connectivity index (χ3v) is 6.79. The molecule has 0 unspecified atom stereocenters. The maximum atomic E-state index is 13.1. The molecule has 0 aliphatic rings. The van der Waals surface area contributed by atoms with Gasteiger partial charge in [-0.2, -0.15) is 0 Å². The van der Waals surface area contributed by atoms with E-state index in [1.165, 1.54) is 23.5 Å². The van der Waals surface area contributed by atoms with Crippen LogP contribution < -0.4 is 9.04 Å². The standard InChI is InChI=1S/C24H26N2O4S/c1-18-8-5-11-21(14-18)26(3)31(28,29)23-13-7-10-20(16-23)24(27)25(2)17-19-9-6-12-22(15-19)30-4/h5-16H,17H2,1-4H3. The van der Waals surface area contributed by atoms with E-state index in [-0.39, 0.29) is 10.8 Å². The number of hydrogen-bond acceptors (Lipinski definition) is 4. The van der Waals surface area contributed by atoms with Gasteiger partial charge >= 0.3 is 0 Å². The SMILES string of the molecule is COc1cccc(CN(C)C(=O)c2cccc(S(=O)(=O)N(C)c3cccc(C)c3)c2)c1. The van der Waals surface area contributed by atoms with Crippen molar-refractivity contribution in [2.75, 3.05) is 25.5 Å². The number of carbonyl (C=O) groups is 1. The minimum atomic E-state index is -3.81. The van der Waals surface area contributed by atoms with E-state index in [4.69, 9.17) is 4.74 Å². The average Bonchev–Trinajstić information content (AvgIpc) is 2.78. The van der Waals surface area contributed by atoms with Crippen LogP contribution in [0, 0.1) is 6.92 Å². The Hall–Kier alpha value is -3.32. The van der Waals surface area contributed by atoms with Crippen molar-refractivity contribution in [3.8, 4) is 5.75 Å². The van der Waals surface area contributed by atoms with E-state index in [2.05, 4.69) is 0 Å². The largest absolute Gasteiger partial charge is 0.497 e. The Kier molecular flexibility index (Phi) is 6.65. The Balaban J connectivity index is 1.83. The molecule has 0 aliphatic heterocycles. The van der Waals surface area contributed by atoms with E-state index in [0.29, 0.717) is 23.5 Å². The lowest BCUT2D eigenvalue weighted by molar-refractivity contribution is 0.0784. The summed E-state index contributed by atoms with van der Waals surface area (Å²) in [5, 5.41) is 0. The summed E-state index contributed by atoms with van der Waals surface area (Å²) >= 11 is 0. The molecule has 3 aromatic carbocycles. The number of methoxy groups -OCH3 is 1. The van der Waals surface area contributed by atoms with Crippen LogP contribution in [0.5, 0.6) is 5.75 Å². The summed E-state index contributed by atoms with van der Waals surface area (Å²) in [7, 11) is 0.968. The zero-order chi connectivity index (χ0) is 22.6. The van der Waals surface area contributed by atoms with Crippen LogP contribution in [-0.2, 0) is 16.6 Å². The van der Waals surface area contributed by atoms with Crippen molar-refractivity contribution < 1.29 is 17.9 Å². The summed E-state index contributed by atoms with van der Waals surface area (Å²) in [4.78, 5) is 14.6. The fourth-order valence-corrected chi connectivity index (χ4v) is 4.48.